The Morgan fingerprint density at radius 1 is 1.47 bits per heavy atom. The number of hydrogen-bond donors (Lipinski definition) is 1. The number of carbonyl (C=O) groups excluding carboxylic acids is 1. The van der Waals surface area contributed by atoms with Gasteiger partial charge in [0, 0.05) is 6.42 Å². The summed E-state index contributed by atoms with van der Waals surface area (Å²) in [5, 5.41) is 9.04. The molecule has 1 aromatic carbocycles. The van der Waals surface area contributed by atoms with Gasteiger partial charge in [-0.2, -0.15) is 0 Å². The van der Waals surface area contributed by atoms with E-state index in [1.54, 1.807) is 12.1 Å². The number of aliphatic hydroxyl groups excluding tert-OH is 1. The molecule has 1 aromatic rings. The minimum atomic E-state index is -0.385. The van der Waals surface area contributed by atoms with E-state index in [0.29, 0.717) is 18.6 Å². The van der Waals surface area contributed by atoms with E-state index in [1.807, 2.05) is 19.1 Å². The van der Waals surface area contributed by atoms with E-state index in [-0.39, 0.29) is 24.8 Å². The summed E-state index contributed by atoms with van der Waals surface area (Å²) in [6, 6.07) is 7.21. The predicted molar refractivity (Wildman–Crippen MR) is 61.8 cm³/mol. The summed E-state index contributed by atoms with van der Waals surface area (Å²) < 4.78 is 10.6. The number of carbonyl (C=O) groups is 1. The molecule has 2 rings (SSSR count). The lowest BCUT2D eigenvalue weighted by Crippen LogP contribution is -2.30. The molecule has 4 nitrogen and oxygen atoms in total. The van der Waals surface area contributed by atoms with Gasteiger partial charge in [0.1, 0.15) is 12.2 Å². The van der Waals surface area contributed by atoms with Crippen LogP contribution in [0.2, 0.25) is 0 Å². The Balaban J connectivity index is 1.99. The van der Waals surface area contributed by atoms with Gasteiger partial charge in [0.25, 0.3) is 0 Å². The van der Waals surface area contributed by atoms with E-state index in [4.69, 9.17) is 14.6 Å². The van der Waals surface area contributed by atoms with Crippen molar-refractivity contribution in [2.45, 2.75) is 25.6 Å². The molecule has 1 fully saturated rings. The van der Waals surface area contributed by atoms with Crippen molar-refractivity contribution in [3.8, 4) is 0 Å². The third kappa shape index (κ3) is 2.84. The van der Waals surface area contributed by atoms with Crippen molar-refractivity contribution in [3.05, 3.63) is 35.4 Å². The Kier molecular flexibility index (Phi) is 3.76. The smallest absolute Gasteiger partial charge is 0.338 e. The van der Waals surface area contributed by atoms with Crippen molar-refractivity contribution in [3.63, 3.8) is 0 Å². The molecule has 0 aromatic heterocycles. The molecule has 0 bridgehead atoms. The predicted octanol–water partition coefficient (Wildman–Crippen LogP) is 1.30. The zero-order valence-electron chi connectivity index (χ0n) is 9.76. The summed E-state index contributed by atoms with van der Waals surface area (Å²) in [7, 11) is 0. The van der Waals surface area contributed by atoms with Crippen LogP contribution in [0.15, 0.2) is 24.3 Å². The Bertz CT molecular complexity index is 385. The third-order valence-electron chi connectivity index (χ3n) is 2.87. The Morgan fingerprint density at radius 2 is 2.18 bits per heavy atom. The first-order valence-electron chi connectivity index (χ1n) is 5.71. The number of aryl methyl sites for hydroxylation is 1. The molecular weight excluding hydrogens is 220 g/mol. The molecule has 17 heavy (non-hydrogen) atoms. The summed E-state index contributed by atoms with van der Waals surface area (Å²) in [4.78, 5) is 11.8. The topological polar surface area (TPSA) is 55.8 Å². The number of ether oxygens (including phenoxy) is 2. The molecule has 0 amide bonds. The molecule has 1 heterocycles. The van der Waals surface area contributed by atoms with E-state index in [0.717, 1.165) is 5.56 Å². The van der Waals surface area contributed by atoms with Gasteiger partial charge in [0.15, 0.2) is 0 Å². The first kappa shape index (κ1) is 12.1. The van der Waals surface area contributed by atoms with E-state index in [2.05, 4.69) is 0 Å². The summed E-state index contributed by atoms with van der Waals surface area (Å²) in [5.41, 5.74) is 1.62. The van der Waals surface area contributed by atoms with Crippen molar-refractivity contribution in [2.75, 3.05) is 13.2 Å². The highest BCUT2D eigenvalue weighted by atomic mass is 16.6. The quantitative estimate of drug-likeness (QED) is 0.804. The van der Waals surface area contributed by atoms with Gasteiger partial charge in [0.2, 0.25) is 0 Å². The molecule has 1 N–H and O–H groups in total. The van der Waals surface area contributed by atoms with Gasteiger partial charge in [-0.15, -0.1) is 0 Å². The number of rotatable bonds is 3. The minimum Gasteiger partial charge on any atom is -0.456 e. The van der Waals surface area contributed by atoms with Crippen molar-refractivity contribution < 1.29 is 19.4 Å². The maximum absolute atomic E-state index is 11.8. The fourth-order valence-electron chi connectivity index (χ4n) is 1.83. The molecule has 0 aliphatic carbocycles. The van der Waals surface area contributed by atoms with Crippen LogP contribution in [-0.2, 0) is 9.47 Å². The lowest BCUT2D eigenvalue weighted by atomic mass is 10.1. The first-order chi connectivity index (χ1) is 8.20. The summed E-state index contributed by atoms with van der Waals surface area (Å²) in [5.74, 6) is -0.362. The second-order valence-electron chi connectivity index (χ2n) is 4.19. The van der Waals surface area contributed by atoms with E-state index >= 15 is 0 Å². The highest BCUT2D eigenvalue weighted by Gasteiger charge is 2.31. The molecule has 0 saturated carbocycles. The molecule has 0 unspecified atom stereocenters. The van der Waals surface area contributed by atoms with Crippen LogP contribution in [-0.4, -0.2) is 36.5 Å². The lowest BCUT2D eigenvalue weighted by molar-refractivity contribution is -0.0188. The van der Waals surface area contributed by atoms with Crippen molar-refractivity contribution in [1.82, 2.24) is 0 Å². The highest BCUT2D eigenvalue weighted by molar-refractivity contribution is 5.89. The first-order valence-corrected chi connectivity index (χ1v) is 5.71. The van der Waals surface area contributed by atoms with Crippen molar-refractivity contribution in [1.29, 1.82) is 0 Å². The third-order valence-corrected chi connectivity index (χ3v) is 2.87. The maximum atomic E-state index is 11.8. The van der Waals surface area contributed by atoms with Gasteiger partial charge in [-0.1, -0.05) is 17.7 Å². The van der Waals surface area contributed by atoms with Crippen LogP contribution in [0.1, 0.15) is 22.3 Å². The highest BCUT2D eigenvalue weighted by Crippen LogP contribution is 2.18. The number of aliphatic hydroxyl groups is 1. The molecule has 2 atom stereocenters. The number of benzene rings is 1. The number of esters is 1. The Hall–Kier alpha value is -1.39. The van der Waals surface area contributed by atoms with Crippen LogP contribution in [0.25, 0.3) is 0 Å². The fraction of sp³-hybridized carbons (Fsp3) is 0.462. The molecule has 1 aliphatic heterocycles. The average Bonchev–Trinajstić information content (AvgIpc) is 2.77. The zero-order chi connectivity index (χ0) is 12.3. The van der Waals surface area contributed by atoms with Crippen LogP contribution in [0, 0.1) is 6.92 Å². The monoisotopic (exact) mass is 236 g/mol. The maximum Gasteiger partial charge on any atom is 0.338 e. The van der Waals surface area contributed by atoms with Crippen LogP contribution in [0.5, 0.6) is 0 Å². The standard InChI is InChI=1S/C13H16O4/c1-9-2-4-10(5-3-9)13(15)17-11-6-7-16-12(11)8-14/h2-5,11-12,14H,6-8H2,1H3/t11-,12+/m0/s1. The molecule has 92 valence electrons. The molecule has 1 aliphatic rings. The van der Waals surface area contributed by atoms with Gasteiger partial charge in [-0.3, -0.25) is 0 Å². The van der Waals surface area contributed by atoms with Gasteiger partial charge in [-0.05, 0) is 19.1 Å². The summed E-state index contributed by atoms with van der Waals surface area (Å²) in [6.45, 7) is 2.37. The Morgan fingerprint density at radius 3 is 2.82 bits per heavy atom. The molecule has 0 radical (unpaired) electrons. The van der Waals surface area contributed by atoms with Crippen LogP contribution in [0.3, 0.4) is 0 Å². The van der Waals surface area contributed by atoms with Crippen LogP contribution in [0.4, 0.5) is 0 Å². The van der Waals surface area contributed by atoms with E-state index < -0.39 is 0 Å². The normalized spacial score (nSPS) is 23.6. The minimum absolute atomic E-state index is 0.119. The SMILES string of the molecule is Cc1ccc(C(=O)O[C@H]2CCO[C@@H]2CO)cc1. The zero-order valence-corrected chi connectivity index (χ0v) is 9.76. The molecular formula is C13H16O4. The lowest BCUT2D eigenvalue weighted by Gasteiger charge is -2.16. The Labute approximate surface area is 100 Å². The molecule has 4 heteroatoms. The summed E-state index contributed by atoms with van der Waals surface area (Å²) >= 11 is 0. The van der Waals surface area contributed by atoms with E-state index in [9.17, 15) is 4.79 Å². The van der Waals surface area contributed by atoms with Gasteiger partial charge >= 0.3 is 5.97 Å². The number of hydrogen-bond acceptors (Lipinski definition) is 4. The second-order valence-corrected chi connectivity index (χ2v) is 4.19. The van der Waals surface area contributed by atoms with Crippen molar-refractivity contribution >= 4 is 5.97 Å². The molecule has 1 saturated heterocycles. The second kappa shape index (κ2) is 5.29. The van der Waals surface area contributed by atoms with Crippen LogP contribution < -0.4 is 0 Å². The van der Waals surface area contributed by atoms with Crippen molar-refractivity contribution in [2.24, 2.45) is 0 Å². The van der Waals surface area contributed by atoms with Gasteiger partial charge in [0.05, 0.1) is 18.8 Å². The van der Waals surface area contributed by atoms with Crippen LogP contribution >= 0.6 is 0 Å². The largest absolute Gasteiger partial charge is 0.456 e. The van der Waals surface area contributed by atoms with Gasteiger partial charge < -0.3 is 14.6 Å². The summed E-state index contributed by atoms with van der Waals surface area (Å²) in [6.07, 6.45) is -0.0822. The van der Waals surface area contributed by atoms with Gasteiger partial charge in [-0.25, -0.2) is 4.79 Å². The fourth-order valence-corrected chi connectivity index (χ4v) is 1.83. The van der Waals surface area contributed by atoms with E-state index in [1.165, 1.54) is 0 Å². The average molecular weight is 236 g/mol. The molecule has 0 spiro atoms.